The van der Waals surface area contributed by atoms with Gasteiger partial charge in [0, 0.05) is 28.3 Å². The van der Waals surface area contributed by atoms with Gasteiger partial charge in [-0.3, -0.25) is 4.98 Å². The molecule has 3 fully saturated rings. The van der Waals surface area contributed by atoms with E-state index in [-0.39, 0.29) is 5.54 Å². The second-order valence-electron chi connectivity index (χ2n) is 6.94. The topological polar surface area (TPSA) is 38.9 Å². The van der Waals surface area contributed by atoms with Crippen LogP contribution in [0.25, 0.3) is 0 Å². The van der Waals surface area contributed by atoms with Crippen molar-refractivity contribution in [3.8, 4) is 0 Å². The standard InChI is InChI=1S/C16H21BrN2/c17-11-4-5-12(19-9-11)8-16(18)7-10-6-15(16)14-3-1-2-13(10)14/h4-5,9-10,13-15H,1-3,6-8,18H2. The fourth-order valence-electron chi connectivity index (χ4n) is 5.36. The van der Waals surface area contributed by atoms with Gasteiger partial charge in [-0.15, -0.1) is 0 Å². The molecule has 0 radical (unpaired) electrons. The van der Waals surface area contributed by atoms with E-state index in [2.05, 4.69) is 33.0 Å². The van der Waals surface area contributed by atoms with Crippen molar-refractivity contribution in [2.75, 3.05) is 0 Å². The SMILES string of the molecule is NC1(Cc2ccc(Br)cn2)CC2CC1C1CCCC21. The Bertz CT molecular complexity index is 486. The van der Waals surface area contributed by atoms with Crippen LogP contribution in [-0.4, -0.2) is 10.5 Å². The second kappa shape index (κ2) is 4.29. The monoisotopic (exact) mass is 320 g/mol. The molecule has 4 rings (SSSR count). The van der Waals surface area contributed by atoms with Crippen molar-refractivity contribution in [3.05, 3.63) is 28.5 Å². The lowest BCUT2D eigenvalue weighted by molar-refractivity contribution is 0.155. The van der Waals surface area contributed by atoms with Crippen molar-refractivity contribution in [3.63, 3.8) is 0 Å². The molecule has 2 N–H and O–H groups in total. The number of pyridine rings is 1. The van der Waals surface area contributed by atoms with Crippen LogP contribution in [0, 0.1) is 23.7 Å². The zero-order valence-electron chi connectivity index (χ0n) is 11.2. The van der Waals surface area contributed by atoms with E-state index in [4.69, 9.17) is 5.73 Å². The lowest BCUT2D eigenvalue weighted by Crippen LogP contribution is -2.51. The van der Waals surface area contributed by atoms with Crippen LogP contribution in [0.3, 0.4) is 0 Å². The van der Waals surface area contributed by atoms with Gasteiger partial charge in [-0.25, -0.2) is 0 Å². The lowest BCUT2D eigenvalue weighted by atomic mass is 9.69. The maximum Gasteiger partial charge on any atom is 0.0422 e. The summed E-state index contributed by atoms with van der Waals surface area (Å²) < 4.78 is 1.05. The molecule has 3 saturated carbocycles. The van der Waals surface area contributed by atoms with Gasteiger partial charge in [0.2, 0.25) is 0 Å². The van der Waals surface area contributed by atoms with Crippen LogP contribution in [-0.2, 0) is 6.42 Å². The fraction of sp³-hybridized carbons (Fsp3) is 0.688. The molecule has 2 bridgehead atoms. The van der Waals surface area contributed by atoms with Gasteiger partial charge in [-0.2, -0.15) is 0 Å². The average molecular weight is 321 g/mol. The molecule has 1 heterocycles. The minimum Gasteiger partial charge on any atom is -0.324 e. The van der Waals surface area contributed by atoms with Crippen LogP contribution in [0.5, 0.6) is 0 Å². The predicted octanol–water partition coefficient (Wildman–Crippen LogP) is 3.54. The zero-order valence-corrected chi connectivity index (χ0v) is 12.8. The summed E-state index contributed by atoms with van der Waals surface area (Å²) in [5, 5.41) is 0. The normalized spacial score (nSPS) is 43.7. The first-order chi connectivity index (χ1) is 9.16. The summed E-state index contributed by atoms with van der Waals surface area (Å²) >= 11 is 3.45. The van der Waals surface area contributed by atoms with Crippen molar-refractivity contribution in [1.29, 1.82) is 0 Å². The number of nitrogens with two attached hydrogens (primary N) is 1. The molecule has 3 aliphatic carbocycles. The van der Waals surface area contributed by atoms with Crippen LogP contribution >= 0.6 is 15.9 Å². The van der Waals surface area contributed by atoms with Gasteiger partial charge in [-0.1, -0.05) is 6.42 Å². The summed E-state index contributed by atoms with van der Waals surface area (Å²) in [4.78, 5) is 4.53. The van der Waals surface area contributed by atoms with Crippen molar-refractivity contribution in [2.24, 2.45) is 29.4 Å². The third kappa shape index (κ3) is 1.89. The van der Waals surface area contributed by atoms with Gasteiger partial charge in [0.1, 0.15) is 0 Å². The minimum atomic E-state index is 0.0248. The smallest absolute Gasteiger partial charge is 0.0422 e. The maximum atomic E-state index is 6.82. The van der Waals surface area contributed by atoms with E-state index in [1.54, 1.807) is 0 Å². The van der Waals surface area contributed by atoms with Gasteiger partial charge in [-0.05, 0) is 77.4 Å². The highest BCUT2D eigenvalue weighted by molar-refractivity contribution is 9.10. The van der Waals surface area contributed by atoms with Gasteiger partial charge < -0.3 is 5.73 Å². The minimum absolute atomic E-state index is 0.0248. The molecule has 3 aliphatic rings. The number of rotatable bonds is 2. The molecule has 5 atom stereocenters. The summed E-state index contributed by atoms with van der Waals surface area (Å²) in [5.41, 5.74) is 8.00. The molecular weight excluding hydrogens is 300 g/mol. The summed E-state index contributed by atoms with van der Waals surface area (Å²) in [5.74, 6) is 3.62. The van der Waals surface area contributed by atoms with Crippen molar-refractivity contribution < 1.29 is 0 Å². The van der Waals surface area contributed by atoms with Gasteiger partial charge in [0.05, 0.1) is 0 Å². The molecule has 3 heteroatoms. The quantitative estimate of drug-likeness (QED) is 0.905. The number of aromatic nitrogens is 1. The van der Waals surface area contributed by atoms with Gasteiger partial charge in [0.25, 0.3) is 0 Å². The average Bonchev–Trinajstić information content (AvgIpc) is 3.02. The Hall–Kier alpha value is -0.410. The van der Waals surface area contributed by atoms with Crippen molar-refractivity contribution in [1.82, 2.24) is 4.98 Å². The van der Waals surface area contributed by atoms with Crippen LogP contribution in [0.15, 0.2) is 22.8 Å². The summed E-state index contributed by atoms with van der Waals surface area (Å²) in [7, 11) is 0. The molecule has 2 nitrogen and oxygen atoms in total. The molecule has 102 valence electrons. The van der Waals surface area contributed by atoms with Crippen molar-refractivity contribution >= 4 is 15.9 Å². The number of fused-ring (bicyclic) bond motifs is 5. The molecular formula is C16H21BrN2. The zero-order chi connectivity index (χ0) is 13.0. The molecule has 1 aromatic heterocycles. The molecule has 0 spiro atoms. The highest BCUT2D eigenvalue weighted by Crippen LogP contribution is 2.62. The van der Waals surface area contributed by atoms with E-state index in [1.807, 2.05) is 6.20 Å². The van der Waals surface area contributed by atoms with Gasteiger partial charge >= 0.3 is 0 Å². The lowest BCUT2D eigenvalue weighted by Gasteiger charge is -2.40. The Morgan fingerprint density at radius 3 is 2.95 bits per heavy atom. The maximum absolute atomic E-state index is 6.82. The van der Waals surface area contributed by atoms with E-state index in [0.717, 1.165) is 40.3 Å². The second-order valence-corrected chi connectivity index (χ2v) is 7.86. The third-order valence-corrected chi connectivity index (χ3v) is 6.45. The molecule has 0 saturated heterocycles. The molecule has 19 heavy (non-hydrogen) atoms. The number of nitrogens with zero attached hydrogens (tertiary/aromatic N) is 1. The van der Waals surface area contributed by atoms with E-state index in [9.17, 15) is 0 Å². The predicted molar refractivity (Wildman–Crippen MR) is 79.6 cm³/mol. The Labute approximate surface area is 123 Å². The van der Waals surface area contributed by atoms with E-state index in [1.165, 1.54) is 32.1 Å². The number of hydrogen-bond donors (Lipinski definition) is 1. The molecule has 5 unspecified atom stereocenters. The number of hydrogen-bond acceptors (Lipinski definition) is 2. The molecule has 1 aromatic rings. The van der Waals surface area contributed by atoms with E-state index < -0.39 is 0 Å². The Morgan fingerprint density at radius 2 is 2.16 bits per heavy atom. The highest BCUT2D eigenvalue weighted by Gasteiger charge is 2.59. The van der Waals surface area contributed by atoms with E-state index >= 15 is 0 Å². The van der Waals surface area contributed by atoms with Crippen LogP contribution in [0.1, 0.15) is 37.8 Å². The third-order valence-electron chi connectivity index (χ3n) is 5.98. The first-order valence-electron chi connectivity index (χ1n) is 7.55. The summed E-state index contributed by atoms with van der Waals surface area (Å²) in [6.45, 7) is 0. The van der Waals surface area contributed by atoms with Gasteiger partial charge in [0.15, 0.2) is 0 Å². The van der Waals surface area contributed by atoms with Crippen molar-refractivity contribution in [2.45, 2.75) is 44.1 Å². The van der Waals surface area contributed by atoms with E-state index in [0.29, 0.717) is 0 Å². The molecule has 0 aliphatic heterocycles. The first-order valence-corrected chi connectivity index (χ1v) is 8.34. The Balaban J connectivity index is 1.56. The number of halogens is 1. The van der Waals surface area contributed by atoms with Crippen LogP contribution < -0.4 is 5.73 Å². The van der Waals surface area contributed by atoms with Crippen LogP contribution in [0.4, 0.5) is 0 Å². The Kier molecular flexibility index (Phi) is 2.79. The highest BCUT2D eigenvalue weighted by atomic mass is 79.9. The molecule has 0 aromatic carbocycles. The summed E-state index contributed by atoms with van der Waals surface area (Å²) in [6, 6.07) is 4.20. The fourth-order valence-corrected chi connectivity index (χ4v) is 5.60. The Morgan fingerprint density at radius 1 is 1.32 bits per heavy atom. The summed E-state index contributed by atoms with van der Waals surface area (Å²) in [6.07, 6.45) is 9.82. The first kappa shape index (κ1) is 12.3. The van der Waals surface area contributed by atoms with Crippen LogP contribution in [0.2, 0.25) is 0 Å². The molecule has 0 amide bonds. The largest absolute Gasteiger partial charge is 0.324 e.